The van der Waals surface area contributed by atoms with Crippen molar-refractivity contribution in [2.75, 3.05) is 13.2 Å². The highest BCUT2D eigenvalue weighted by molar-refractivity contribution is 7.09. The number of nitrogens with two attached hydrogens (primary N) is 1. The van der Waals surface area contributed by atoms with Crippen LogP contribution < -0.4 is 5.73 Å². The summed E-state index contributed by atoms with van der Waals surface area (Å²) in [4.78, 5) is 4.21. The second-order valence-electron chi connectivity index (χ2n) is 3.23. The van der Waals surface area contributed by atoms with E-state index in [0.717, 1.165) is 37.5 Å². The smallest absolute Gasteiger partial charge is 0.0940 e. The van der Waals surface area contributed by atoms with Crippen molar-refractivity contribution in [2.45, 2.75) is 32.2 Å². The fraction of sp³-hybridized carbons (Fsp3) is 0.700. The zero-order valence-electron chi connectivity index (χ0n) is 8.61. The van der Waals surface area contributed by atoms with Crippen LogP contribution in [0.1, 0.15) is 24.8 Å². The molecule has 1 heterocycles. The molecule has 0 spiro atoms. The van der Waals surface area contributed by atoms with Crippen molar-refractivity contribution in [2.24, 2.45) is 5.73 Å². The monoisotopic (exact) mass is 214 g/mol. The molecule has 0 amide bonds. The van der Waals surface area contributed by atoms with Crippen molar-refractivity contribution in [1.29, 1.82) is 0 Å². The van der Waals surface area contributed by atoms with Crippen LogP contribution in [0.2, 0.25) is 0 Å². The Hall–Kier alpha value is -0.450. The third-order valence-electron chi connectivity index (χ3n) is 1.99. The highest BCUT2D eigenvalue weighted by atomic mass is 32.1. The second-order valence-corrected chi connectivity index (χ2v) is 4.21. The molecule has 1 rings (SSSR count). The lowest BCUT2D eigenvalue weighted by Crippen LogP contribution is -2.23. The fourth-order valence-electron chi connectivity index (χ4n) is 1.27. The number of thiazole rings is 1. The number of hydrogen-bond acceptors (Lipinski definition) is 4. The van der Waals surface area contributed by atoms with Crippen LogP contribution in [-0.4, -0.2) is 24.2 Å². The van der Waals surface area contributed by atoms with Crippen LogP contribution in [0.3, 0.4) is 0 Å². The van der Waals surface area contributed by atoms with Crippen molar-refractivity contribution in [3.8, 4) is 0 Å². The molecule has 2 N–H and O–H groups in total. The molecule has 0 bridgehead atoms. The maximum atomic E-state index is 5.96. The van der Waals surface area contributed by atoms with Gasteiger partial charge < -0.3 is 10.5 Å². The maximum absolute atomic E-state index is 5.96. The van der Waals surface area contributed by atoms with E-state index in [2.05, 4.69) is 4.98 Å². The van der Waals surface area contributed by atoms with E-state index in [1.165, 1.54) is 0 Å². The van der Waals surface area contributed by atoms with E-state index in [-0.39, 0.29) is 6.04 Å². The first kappa shape index (κ1) is 11.6. The van der Waals surface area contributed by atoms with E-state index < -0.39 is 0 Å². The zero-order valence-corrected chi connectivity index (χ0v) is 9.43. The normalized spacial score (nSPS) is 13.0. The van der Waals surface area contributed by atoms with Crippen molar-refractivity contribution in [1.82, 2.24) is 4.98 Å². The molecule has 80 valence electrons. The fourth-order valence-corrected chi connectivity index (χ4v) is 1.98. The molecule has 0 radical (unpaired) electrons. The van der Waals surface area contributed by atoms with Crippen LogP contribution in [-0.2, 0) is 11.2 Å². The summed E-state index contributed by atoms with van der Waals surface area (Å²) in [5.41, 5.74) is 5.96. The van der Waals surface area contributed by atoms with E-state index in [0.29, 0.717) is 0 Å². The number of ether oxygens (including phenoxy) is 1. The molecule has 0 aliphatic rings. The SMILES string of the molecule is CCOCCCC(N)Cc1nccs1. The average Bonchev–Trinajstić information content (AvgIpc) is 2.65. The molecule has 0 saturated heterocycles. The quantitative estimate of drug-likeness (QED) is 0.704. The third-order valence-corrected chi connectivity index (χ3v) is 2.79. The van der Waals surface area contributed by atoms with E-state index in [1.807, 2.05) is 18.5 Å². The first-order valence-corrected chi connectivity index (χ1v) is 5.92. The number of nitrogens with zero attached hydrogens (tertiary/aromatic N) is 1. The van der Waals surface area contributed by atoms with Gasteiger partial charge in [-0.15, -0.1) is 11.3 Å². The Morgan fingerprint density at radius 3 is 3.14 bits per heavy atom. The summed E-state index contributed by atoms with van der Waals surface area (Å²) in [6.07, 6.45) is 4.77. The lowest BCUT2D eigenvalue weighted by molar-refractivity contribution is 0.142. The summed E-state index contributed by atoms with van der Waals surface area (Å²) in [6.45, 7) is 3.62. The van der Waals surface area contributed by atoms with Gasteiger partial charge in [0.2, 0.25) is 0 Å². The van der Waals surface area contributed by atoms with E-state index in [9.17, 15) is 0 Å². The number of aromatic nitrogens is 1. The number of rotatable bonds is 7. The lowest BCUT2D eigenvalue weighted by atomic mass is 10.1. The van der Waals surface area contributed by atoms with Crippen LogP contribution in [0, 0.1) is 0 Å². The van der Waals surface area contributed by atoms with Gasteiger partial charge in [0, 0.05) is 37.3 Å². The molecule has 14 heavy (non-hydrogen) atoms. The van der Waals surface area contributed by atoms with Gasteiger partial charge in [-0.25, -0.2) is 4.98 Å². The van der Waals surface area contributed by atoms with Gasteiger partial charge in [-0.3, -0.25) is 0 Å². The predicted octanol–water partition coefficient (Wildman–Crippen LogP) is 1.83. The van der Waals surface area contributed by atoms with E-state index >= 15 is 0 Å². The molecule has 0 aliphatic heterocycles. The van der Waals surface area contributed by atoms with Crippen molar-refractivity contribution < 1.29 is 4.74 Å². The van der Waals surface area contributed by atoms with Gasteiger partial charge in [-0.1, -0.05) is 0 Å². The topological polar surface area (TPSA) is 48.1 Å². The molecule has 0 fully saturated rings. The van der Waals surface area contributed by atoms with Gasteiger partial charge in [0.1, 0.15) is 0 Å². The second kappa shape index (κ2) is 6.92. The highest BCUT2D eigenvalue weighted by Crippen LogP contribution is 2.08. The Kier molecular flexibility index (Phi) is 5.75. The van der Waals surface area contributed by atoms with Gasteiger partial charge in [0.25, 0.3) is 0 Å². The standard InChI is InChI=1S/C10H18N2OS/c1-2-13-6-3-4-9(11)8-10-12-5-7-14-10/h5,7,9H,2-4,6,8,11H2,1H3. The van der Waals surface area contributed by atoms with Gasteiger partial charge in [-0.2, -0.15) is 0 Å². The third kappa shape index (κ3) is 4.69. The van der Waals surface area contributed by atoms with E-state index in [4.69, 9.17) is 10.5 Å². The summed E-state index contributed by atoms with van der Waals surface area (Å²) in [6, 6.07) is 0.224. The molecular weight excluding hydrogens is 196 g/mol. The molecule has 1 atom stereocenters. The van der Waals surface area contributed by atoms with Gasteiger partial charge in [0.05, 0.1) is 5.01 Å². The number of hydrogen-bond donors (Lipinski definition) is 1. The summed E-state index contributed by atoms with van der Waals surface area (Å²) < 4.78 is 5.25. The largest absolute Gasteiger partial charge is 0.382 e. The summed E-state index contributed by atoms with van der Waals surface area (Å²) in [5.74, 6) is 0. The molecular formula is C10H18N2OS. The van der Waals surface area contributed by atoms with Crippen LogP contribution in [0.15, 0.2) is 11.6 Å². The van der Waals surface area contributed by atoms with Crippen molar-refractivity contribution in [3.63, 3.8) is 0 Å². The molecule has 4 heteroatoms. The van der Waals surface area contributed by atoms with Gasteiger partial charge in [-0.05, 0) is 19.8 Å². The van der Waals surface area contributed by atoms with Crippen LogP contribution in [0.4, 0.5) is 0 Å². The minimum absolute atomic E-state index is 0.224. The van der Waals surface area contributed by atoms with Gasteiger partial charge >= 0.3 is 0 Å². The Morgan fingerprint density at radius 1 is 1.64 bits per heavy atom. The zero-order chi connectivity index (χ0) is 10.2. The molecule has 1 aromatic rings. The molecule has 0 aliphatic carbocycles. The first-order chi connectivity index (χ1) is 6.83. The van der Waals surface area contributed by atoms with Crippen molar-refractivity contribution >= 4 is 11.3 Å². The summed E-state index contributed by atoms with van der Waals surface area (Å²) >= 11 is 1.67. The van der Waals surface area contributed by atoms with Crippen LogP contribution >= 0.6 is 11.3 Å². The van der Waals surface area contributed by atoms with E-state index in [1.54, 1.807) is 11.3 Å². The molecule has 0 aromatic carbocycles. The Labute approximate surface area is 89.3 Å². The maximum Gasteiger partial charge on any atom is 0.0940 e. The van der Waals surface area contributed by atoms with Crippen molar-refractivity contribution in [3.05, 3.63) is 16.6 Å². The van der Waals surface area contributed by atoms with Crippen LogP contribution in [0.5, 0.6) is 0 Å². The Morgan fingerprint density at radius 2 is 2.50 bits per heavy atom. The molecule has 3 nitrogen and oxygen atoms in total. The Bertz CT molecular complexity index is 226. The van der Waals surface area contributed by atoms with Crippen LogP contribution in [0.25, 0.3) is 0 Å². The molecule has 1 aromatic heterocycles. The molecule has 0 saturated carbocycles. The minimum atomic E-state index is 0.224. The highest BCUT2D eigenvalue weighted by Gasteiger charge is 2.05. The lowest BCUT2D eigenvalue weighted by Gasteiger charge is -2.09. The Balaban J connectivity index is 2.07. The minimum Gasteiger partial charge on any atom is -0.382 e. The first-order valence-electron chi connectivity index (χ1n) is 5.04. The molecule has 1 unspecified atom stereocenters. The predicted molar refractivity (Wildman–Crippen MR) is 59.5 cm³/mol. The summed E-state index contributed by atoms with van der Waals surface area (Å²) in [5, 5.41) is 3.12. The average molecular weight is 214 g/mol. The van der Waals surface area contributed by atoms with Gasteiger partial charge in [0.15, 0.2) is 0 Å². The summed E-state index contributed by atoms with van der Waals surface area (Å²) in [7, 11) is 0.